The maximum atomic E-state index is 13.1. The Balaban J connectivity index is 1.00. The van der Waals surface area contributed by atoms with E-state index in [1.54, 1.807) is 5.56 Å². The van der Waals surface area contributed by atoms with Crippen LogP contribution in [0.1, 0.15) is 119 Å². The second-order valence-corrected chi connectivity index (χ2v) is 17.2. The Hall–Kier alpha value is -1.80. The summed E-state index contributed by atoms with van der Waals surface area (Å²) < 4.78 is 69.9. The van der Waals surface area contributed by atoms with E-state index in [0.717, 1.165) is 67.5 Å². The summed E-state index contributed by atoms with van der Waals surface area (Å²) in [5.41, 5.74) is 4.85. The molecule has 2 aromatic carbocycles. The largest absolute Gasteiger partial charge is 0.486 e. The quantitative estimate of drug-likeness (QED) is 0.135. The van der Waals surface area contributed by atoms with E-state index in [9.17, 15) is 22.0 Å². The van der Waals surface area contributed by atoms with E-state index in [4.69, 9.17) is 4.74 Å². The molecule has 3 aliphatic carbocycles. The van der Waals surface area contributed by atoms with Gasteiger partial charge in [0, 0.05) is 6.42 Å². The van der Waals surface area contributed by atoms with Gasteiger partial charge in [-0.15, -0.1) is 0 Å². The summed E-state index contributed by atoms with van der Waals surface area (Å²) in [6.07, 6.45) is 8.17. The molecule has 3 heterocycles. The van der Waals surface area contributed by atoms with Crippen molar-refractivity contribution in [2.24, 2.45) is 29.1 Å². The van der Waals surface area contributed by atoms with Gasteiger partial charge >= 0.3 is 12.1 Å². The average molecular weight is 706 g/mol. The SMILES string of the molecule is CN(CCCCC[C@H]1Cc2cc3ccc2C2CC[C@]4(C)[C@H](CCC(c5ccccc5)O3)CC[C@H]4[C@H]21)CCCSCCCC(F)(F)C(F)(F)F. The minimum Gasteiger partial charge on any atom is -0.486 e. The number of halogens is 5. The molecule has 8 bridgehead atoms. The van der Waals surface area contributed by atoms with Gasteiger partial charge in [-0.25, -0.2) is 0 Å². The first-order chi connectivity index (χ1) is 23.5. The molecule has 2 fully saturated rings. The first-order valence-electron chi connectivity index (χ1n) is 19.0. The predicted octanol–water partition coefficient (Wildman–Crippen LogP) is 11.9. The van der Waals surface area contributed by atoms with Crippen LogP contribution >= 0.6 is 11.8 Å². The monoisotopic (exact) mass is 705 g/mol. The fraction of sp³-hybridized carbons (Fsp3) is 0.707. The molecule has 2 unspecified atom stereocenters. The summed E-state index contributed by atoms with van der Waals surface area (Å²) in [5, 5.41) is 0. The minimum absolute atomic E-state index is 0.0947. The summed E-state index contributed by atoms with van der Waals surface area (Å²) >= 11 is 1.48. The van der Waals surface area contributed by atoms with Crippen LogP contribution < -0.4 is 4.74 Å². The Kier molecular flexibility index (Phi) is 12.0. The van der Waals surface area contributed by atoms with E-state index in [2.05, 4.69) is 67.4 Å². The van der Waals surface area contributed by atoms with Gasteiger partial charge in [0.1, 0.15) is 11.9 Å². The maximum absolute atomic E-state index is 13.1. The maximum Gasteiger partial charge on any atom is 0.453 e. The van der Waals surface area contributed by atoms with E-state index < -0.39 is 18.5 Å². The van der Waals surface area contributed by atoms with Gasteiger partial charge in [0.2, 0.25) is 0 Å². The molecule has 49 heavy (non-hydrogen) atoms. The Morgan fingerprint density at radius 3 is 2.41 bits per heavy atom. The predicted molar refractivity (Wildman–Crippen MR) is 191 cm³/mol. The molecule has 0 spiro atoms. The lowest BCUT2D eigenvalue weighted by Gasteiger charge is -2.54. The highest BCUT2D eigenvalue weighted by molar-refractivity contribution is 7.99. The number of ether oxygens (including phenoxy) is 1. The lowest BCUT2D eigenvalue weighted by atomic mass is 9.51. The third-order valence-electron chi connectivity index (χ3n) is 12.9. The van der Waals surface area contributed by atoms with E-state index in [0.29, 0.717) is 17.1 Å². The molecule has 0 aromatic heterocycles. The Labute approximate surface area is 295 Å². The molecule has 3 aliphatic heterocycles. The molecule has 8 rings (SSSR count). The average Bonchev–Trinajstić information content (AvgIpc) is 3.41. The Bertz CT molecular complexity index is 1350. The molecule has 2 aromatic rings. The van der Waals surface area contributed by atoms with Gasteiger partial charge in [-0.05, 0) is 166 Å². The molecule has 0 amide bonds. The molecular weight excluding hydrogens is 650 g/mol. The number of hydrogen-bond donors (Lipinski definition) is 0. The third kappa shape index (κ3) is 8.47. The van der Waals surface area contributed by atoms with Crippen molar-refractivity contribution >= 4 is 11.8 Å². The molecule has 2 nitrogen and oxygen atoms in total. The van der Waals surface area contributed by atoms with E-state index in [1.807, 2.05) is 0 Å². The number of rotatable bonds is 15. The van der Waals surface area contributed by atoms with Crippen LogP contribution in [0, 0.1) is 29.1 Å². The normalized spacial score (nSPS) is 29.6. The van der Waals surface area contributed by atoms with E-state index >= 15 is 0 Å². The van der Waals surface area contributed by atoms with Gasteiger partial charge in [0.05, 0.1) is 0 Å². The highest BCUT2D eigenvalue weighted by Crippen LogP contribution is 2.65. The number of nitrogens with zero attached hydrogens (tertiary/aromatic N) is 1. The fourth-order valence-corrected chi connectivity index (χ4v) is 11.2. The summed E-state index contributed by atoms with van der Waals surface area (Å²) in [6, 6.07) is 17.9. The van der Waals surface area contributed by atoms with Crippen LogP contribution in [-0.4, -0.2) is 48.6 Å². The van der Waals surface area contributed by atoms with Gasteiger partial charge in [0.15, 0.2) is 0 Å². The Morgan fingerprint density at radius 2 is 1.61 bits per heavy atom. The van der Waals surface area contributed by atoms with Crippen molar-refractivity contribution in [1.29, 1.82) is 0 Å². The summed E-state index contributed by atoms with van der Waals surface area (Å²) in [4.78, 5) is 2.34. The third-order valence-corrected chi connectivity index (χ3v) is 14.1. The van der Waals surface area contributed by atoms with Gasteiger partial charge in [-0.2, -0.15) is 33.7 Å². The Morgan fingerprint density at radius 1 is 0.857 bits per heavy atom. The van der Waals surface area contributed by atoms with Crippen molar-refractivity contribution < 1.29 is 26.7 Å². The fourth-order valence-electron chi connectivity index (χ4n) is 10.3. The first-order valence-corrected chi connectivity index (χ1v) is 20.2. The highest BCUT2D eigenvalue weighted by Gasteiger charge is 2.57. The molecule has 272 valence electrons. The zero-order valence-corrected chi connectivity index (χ0v) is 30.3. The van der Waals surface area contributed by atoms with Crippen molar-refractivity contribution in [1.82, 2.24) is 4.90 Å². The molecule has 0 radical (unpaired) electrons. The molecule has 0 saturated heterocycles. The topological polar surface area (TPSA) is 12.5 Å². The van der Waals surface area contributed by atoms with Gasteiger partial charge in [-0.1, -0.05) is 56.2 Å². The standard InChI is InChI=1S/C41H56F5NOS/c1-39-22-20-35-34-17-16-33-28-31(34)27-30(38(35)36(39)18-14-32(39)15-19-37(48-33)29-11-5-3-6-12-29)13-7-4-8-23-47(2)24-10-26-49-25-9-21-40(42,43)41(44,45)46/h3,5-6,11-12,16-17,28,30,32,35-38H,4,7-10,13-15,18-27H2,1-2H3/t30-,32-,35?,36-,37?,38-,39+/m0/s1. The van der Waals surface area contributed by atoms with Crippen molar-refractivity contribution in [2.75, 3.05) is 31.6 Å². The minimum atomic E-state index is -5.44. The number of fused-ring (bicyclic) bond motifs is 2. The number of benzene rings is 2. The van der Waals surface area contributed by atoms with Crippen LogP contribution in [0.2, 0.25) is 0 Å². The zero-order chi connectivity index (χ0) is 34.6. The number of alkyl halides is 5. The molecule has 2 saturated carbocycles. The van der Waals surface area contributed by atoms with Crippen molar-refractivity contribution in [3.8, 4) is 5.75 Å². The number of unbranched alkanes of at least 4 members (excludes halogenated alkanes) is 2. The summed E-state index contributed by atoms with van der Waals surface area (Å²) in [5.74, 6) is 1.36. The first kappa shape index (κ1) is 37.0. The van der Waals surface area contributed by atoms with Crippen molar-refractivity contribution in [2.45, 2.75) is 121 Å². The lowest BCUT2D eigenvalue weighted by Crippen LogP contribution is -2.46. The summed E-state index contributed by atoms with van der Waals surface area (Å²) in [6.45, 7) is 4.61. The van der Waals surface area contributed by atoms with Crippen LogP contribution in [0.5, 0.6) is 5.75 Å². The van der Waals surface area contributed by atoms with Crippen molar-refractivity contribution in [3.05, 3.63) is 65.2 Å². The number of hydrogen-bond acceptors (Lipinski definition) is 3. The molecule has 0 N–H and O–H groups in total. The molecule has 8 heteroatoms. The smallest absolute Gasteiger partial charge is 0.453 e. The zero-order valence-electron chi connectivity index (χ0n) is 29.5. The van der Waals surface area contributed by atoms with Gasteiger partial charge in [-0.3, -0.25) is 0 Å². The molecular formula is C41H56F5NOS. The van der Waals surface area contributed by atoms with Crippen LogP contribution in [0.25, 0.3) is 0 Å². The van der Waals surface area contributed by atoms with E-state index in [-0.39, 0.29) is 12.5 Å². The van der Waals surface area contributed by atoms with Crippen LogP contribution in [0.3, 0.4) is 0 Å². The number of thioether (sulfide) groups is 1. The van der Waals surface area contributed by atoms with Gasteiger partial charge in [0.25, 0.3) is 0 Å². The van der Waals surface area contributed by atoms with E-state index in [1.165, 1.54) is 80.7 Å². The lowest BCUT2D eigenvalue weighted by molar-refractivity contribution is -0.284. The van der Waals surface area contributed by atoms with Crippen LogP contribution in [-0.2, 0) is 6.42 Å². The van der Waals surface area contributed by atoms with Gasteiger partial charge < -0.3 is 9.64 Å². The highest BCUT2D eigenvalue weighted by atomic mass is 32.2. The second kappa shape index (κ2) is 15.8. The summed E-state index contributed by atoms with van der Waals surface area (Å²) in [7, 11) is 2.13. The van der Waals surface area contributed by atoms with Crippen LogP contribution in [0.4, 0.5) is 22.0 Å². The second-order valence-electron chi connectivity index (χ2n) is 16.0. The molecule has 6 aliphatic rings. The van der Waals surface area contributed by atoms with Crippen LogP contribution in [0.15, 0.2) is 48.5 Å². The molecule has 7 atom stereocenters. The van der Waals surface area contributed by atoms with Crippen molar-refractivity contribution in [3.63, 3.8) is 0 Å².